The summed E-state index contributed by atoms with van der Waals surface area (Å²) >= 11 is 6.61. The van der Waals surface area contributed by atoms with E-state index in [-0.39, 0.29) is 5.60 Å². The van der Waals surface area contributed by atoms with Crippen molar-refractivity contribution < 1.29 is 9.15 Å². The molecule has 0 aromatic carbocycles. The van der Waals surface area contributed by atoms with Crippen LogP contribution in [0.1, 0.15) is 12.7 Å². The third-order valence-electron chi connectivity index (χ3n) is 1.74. The van der Waals surface area contributed by atoms with Crippen LogP contribution in [0, 0.1) is 0 Å². The lowest BCUT2D eigenvalue weighted by atomic mass is 10.1. The van der Waals surface area contributed by atoms with Gasteiger partial charge in [0, 0.05) is 0 Å². The van der Waals surface area contributed by atoms with Crippen LogP contribution in [0.5, 0.6) is 0 Å². The Hall–Kier alpha value is 0.200. The Kier molecular flexibility index (Phi) is 1.67. The number of ether oxygens (including phenoxy) is 1. The maximum atomic E-state index is 5.39. The van der Waals surface area contributed by atoms with Crippen LogP contribution in [0.3, 0.4) is 0 Å². The molecule has 1 atom stereocenters. The van der Waals surface area contributed by atoms with Gasteiger partial charge in [-0.05, 0) is 44.8 Å². The number of halogens is 2. The van der Waals surface area contributed by atoms with E-state index in [0.717, 1.165) is 21.5 Å². The Morgan fingerprint density at radius 3 is 2.55 bits per heavy atom. The molecular weight excluding hydrogens is 276 g/mol. The number of hydrogen-bond acceptors (Lipinski definition) is 2. The summed E-state index contributed by atoms with van der Waals surface area (Å²) < 4.78 is 12.3. The highest BCUT2D eigenvalue weighted by Gasteiger charge is 2.44. The van der Waals surface area contributed by atoms with Gasteiger partial charge >= 0.3 is 0 Å². The summed E-state index contributed by atoms with van der Waals surface area (Å²) in [6.45, 7) is 2.75. The van der Waals surface area contributed by atoms with Crippen molar-refractivity contribution in [2.24, 2.45) is 0 Å². The predicted octanol–water partition coefficient (Wildman–Crippen LogP) is 3.05. The molecule has 0 bridgehead atoms. The highest BCUT2D eigenvalue weighted by atomic mass is 79.9. The van der Waals surface area contributed by atoms with Crippen LogP contribution in [0.4, 0.5) is 0 Å². The average Bonchev–Trinajstić information content (AvgIpc) is 2.59. The first-order chi connectivity index (χ1) is 5.12. The second-order valence-corrected chi connectivity index (χ2v) is 4.33. The topological polar surface area (TPSA) is 25.7 Å². The Morgan fingerprint density at radius 1 is 1.55 bits per heavy atom. The van der Waals surface area contributed by atoms with Gasteiger partial charge in [-0.15, -0.1) is 0 Å². The molecule has 0 N–H and O–H groups in total. The fourth-order valence-corrected chi connectivity index (χ4v) is 1.44. The zero-order valence-corrected chi connectivity index (χ0v) is 9.03. The molecule has 0 spiro atoms. The van der Waals surface area contributed by atoms with E-state index >= 15 is 0 Å². The van der Waals surface area contributed by atoms with E-state index in [1.165, 1.54) is 0 Å². The van der Waals surface area contributed by atoms with Crippen LogP contribution >= 0.6 is 31.9 Å². The van der Waals surface area contributed by atoms with Crippen molar-refractivity contribution in [3.05, 3.63) is 21.0 Å². The maximum absolute atomic E-state index is 5.39. The molecule has 1 aromatic rings. The van der Waals surface area contributed by atoms with Crippen LogP contribution in [-0.2, 0) is 10.3 Å². The summed E-state index contributed by atoms with van der Waals surface area (Å²) in [6, 6.07) is 1.93. The summed E-state index contributed by atoms with van der Waals surface area (Å²) in [5.74, 6) is 0.872. The Morgan fingerprint density at radius 2 is 2.18 bits per heavy atom. The fourth-order valence-electron chi connectivity index (χ4n) is 0.858. The molecule has 2 rings (SSSR count). The van der Waals surface area contributed by atoms with Crippen molar-refractivity contribution >= 4 is 31.9 Å². The molecule has 1 fully saturated rings. The third-order valence-corrected chi connectivity index (χ3v) is 3.45. The minimum absolute atomic E-state index is 0.172. The van der Waals surface area contributed by atoms with Gasteiger partial charge in [-0.3, -0.25) is 0 Å². The summed E-state index contributed by atoms with van der Waals surface area (Å²) in [7, 11) is 0. The first-order valence-electron chi connectivity index (χ1n) is 3.21. The monoisotopic (exact) mass is 280 g/mol. The van der Waals surface area contributed by atoms with Crippen LogP contribution in [0.25, 0.3) is 0 Å². The number of furan rings is 1. The lowest BCUT2D eigenvalue weighted by Crippen LogP contribution is -1.98. The smallest absolute Gasteiger partial charge is 0.183 e. The van der Waals surface area contributed by atoms with Gasteiger partial charge in [-0.1, -0.05) is 0 Å². The molecule has 1 saturated heterocycles. The highest BCUT2D eigenvalue weighted by molar-refractivity contribution is 9.13. The van der Waals surface area contributed by atoms with Crippen molar-refractivity contribution in [2.75, 3.05) is 6.61 Å². The van der Waals surface area contributed by atoms with Gasteiger partial charge in [0.1, 0.15) is 11.4 Å². The Balaban J connectivity index is 2.39. The normalized spacial score (nSPS) is 29.0. The second-order valence-electron chi connectivity index (χ2n) is 2.75. The molecule has 2 nitrogen and oxygen atoms in total. The van der Waals surface area contributed by atoms with Gasteiger partial charge in [-0.25, -0.2) is 0 Å². The number of epoxide rings is 1. The molecule has 0 radical (unpaired) electrons. The molecule has 1 aromatic heterocycles. The van der Waals surface area contributed by atoms with E-state index in [4.69, 9.17) is 9.15 Å². The van der Waals surface area contributed by atoms with Crippen molar-refractivity contribution in [2.45, 2.75) is 12.5 Å². The van der Waals surface area contributed by atoms with Crippen LogP contribution in [0.2, 0.25) is 0 Å². The van der Waals surface area contributed by atoms with Crippen LogP contribution < -0.4 is 0 Å². The molecule has 1 unspecified atom stereocenters. The molecule has 4 heteroatoms. The van der Waals surface area contributed by atoms with E-state index in [1.54, 1.807) is 0 Å². The quantitative estimate of drug-likeness (QED) is 0.740. The molecule has 11 heavy (non-hydrogen) atoms. The SMILES string of the molecule is CC1(c2cc(Br)c(Br)o2)CO1. The summed E-state index contributed by atoms with van der Waals surface area (Å²) in [5.41, 5.74) is -0.172. The Labute approximate surface area is 81.2 Å². The predicted molar refractivity (Wildman–Crippen MR) is 47.4 cm³/mol. The zero-order chi connectivity index (χ0) is 8.06. The van der Waals surface area contributed by atoms with E-state index < -0.39 is 0 Å². The van der Waals surface area contributed by atoms with E-state index in [9.17, 15) is 0 Å². The standard InChI is InChI=1S/C7H6Br2O2/c1-7(3-10-7)5-2-4(8)6(9)11-5/h2H,3H2,1H3. The largest absolute Gasteiger partial charge is 0.450 e. The fraction of sp³-hybridized carbons (Fsp3) is 0.429. The average molecular weight is 282 g/mol. The first-order valence-corrected chi connectivity index (χ1v) is 4.80. The summed E-state index contributed by atoms with van der Waals surface area (Å²) in [6.07, 6.45) is 0. The van der Waals surface area contributed by atoms with Crippen molar-refractivity contribution in [1.29, 1.82) is 0 Å². The van der Waals surface area contributed by atoms with Gasteiger partial charge in [0.25, 0.3) is 0 Å². The van der Waals surface area contributed by atoms with E-state index in [1.807, 2.05) is 13.0 Å². The van der Waals surface area contributed by atoms with Gasteiger partial charge in [0.05, 0.1) is 11.1 Å². The first kappa shape index (κ1) is 7.83. The third kappa shape index (κ3) is 1.27. The van der Waals surface area contributed by atoms with Crippen molar-refractivity contribution in [3.63, 3.8) is 0 Å². The number of hydrogen-bond donors (Lipinski definition) is 0. The lowest BCUT2D eigenvalue weighted by Gasteiger charge is -1.96. The second kappa shape index (κ2) is 2.34. The molecule has 2 heterocycles. The van der Waals surface area contributed by atoms with Crippen LogP contribution in [-0.4, -0.2) is 6.61 Å². The maximum Gasteiger partial charge on any atom is 0.183 e. The minimum Gasteiger partial charge on any atom is -0.450 e. The molecule has 60 valence electrons. The van der Waals surface area contributed by atoms with Crippen molar-refractivity contribution in [3.8, 4) is 0 Å². The molecular formula is C7H6Br2O2. The molecule has 1 aliphatic heterocycles. The number of rotatable bonds is 1. The molecule has 1 aliphatic rings. The Bertz CT molecular complexity index is 269. The van der Waals surface area contributed by atoms with Gasteiger partial charge in [0.15, 0.2) is 4.67 Å². The van der Waals surface area contributed by atoms with Gasteiger partial charge < -0.3 is 9.15 Å². The van der Waals surface area contributed by atoms with E-state index in [0.29, 0.717) is 0 Å². The van der Waals surface area contributed by atoms with Gasteiger partial charge in [-0.2, -0.15) is 0 Å². The van der Waals surface area contributed by atoms with E-state index in [2.05, 4.69) is 31.9 Å². The molecule has 0 amide bonds. The highest BCUT2D eigenvalue weighted by Crippen LogP contribution is 2.42. The van der Waals surface area contributed by atoms with Crippen molar-refractivity contribution in [1.82, 2.24) is 0 Å². The minimum atomic E-state index is -0.172. The van der Waals surface area contributed by atoms with Gasteiger partial charge in [0.2, 0.25) is 0 Å². The van der Waals surface area contributed by atoms with Crippen LogP contribution in [0.15, 0.2) is 19.6 Å². The lowest BCUT2D eigenvalue weighted by molar-refractivity contribution is 0.282. The summed E-state index contributed by atoms with van der Waals surface area (Å²) in [4.78, 5) is 0. The zero-order valence-electron chi connectivity index (χ0n) is 5.86. The summed E-state index contributed by atoms with van der Waals surface area (Å²) in [5, 5.41) is 0. The molecule has 0 saturated carbocycles. The molecule has 0 aliphatic carbocycles.